The van der Waals surface area contributed by atoms with Gasteiger partial charge in [-0.2, -0.15) is 0 Å². The van der Waals surface area contributed by atoms with Crippen LogP contribution in [0.2, 0.25) is 0 Å². The van der Waals surface area contributed by atoms with Gasteiger partial charge in [0, 0.05) is 23.8 Å². The topological polar surface area (TPSA) is 107 Å². The molecule has 3 saturated carbocycles. The van der Waals surface area contributed by atoms with E-state index in [1.54, 1.807) is 18.2 Å². The Balaban J connectivity index is 1.28. The fourth-order valence-corrected chi connectivity index (χ4v) is 8.63. The van der Waals surface area contributed by atoms with Crippen LogP contribution in [-0.2, 0) is 20.2 Å². The summed E-state index contributed by atoms with van der Waals surface area (Å²) in [5.41, 5.74) is -0.537. The largest absolute Gasteiger partial charge is 0.490 e. The zero-order chi connectivity index (χ0) is 34.8. The number of alkyl halides is 2. The van der Waals surface area contributed by atoms with Gasteiger partial charge >= 0.3 is 6.09 Å². The van der Waals surface area contributed by atoms with Gasteiger partial charge in [0.05, 0.1) is 29.8 Å². The van der Waals surface area contributed by atoms with Crippen molar-refractivity contribution in [3.05, 3.63) is 29.8 Å². The van der Waals surface area contributed by atoms with E-state index < -0.39 is 47.4 Å². The van der Waals surface area contributed by atoms with Crippen LogP contribution in [0.3, 0.4) is 0 Å². The number of ketones is 1. The summed E-state index contributed by atoms with van der Waals surface area (Å²) >= 11 is 0. The third-order valence-corrected chi connectivity index (χ3v) is 11.5. The van der Waals surface area contributed by atoms with E-state index in [-0.39, 0.29) is 54.7 Å². The smallest absolute Gasteiger partial charge is 0.408 e. The minimum absolute atomic E-state index is 0.0193. The second kappa shape index (κ2) is 12.7. The van der Waals surface area contributed by atoms with Gasteiger partial charge in [-0.1, -0.05) is 34.1 Å². The Morgan fingerprint density at radius 2 is 1.84 bits per heavy atom. The van der Waals surface area contributed by atoms with E-state index in [0.29, 0.717) is 47.8 Å². The molecule has 9 nitrogen and oxygen atoms in total. The average Bonchev–Trinajstić information content (AvgIpc) is 3.94. The fraction of sp³-hybridized carbons (Fsp3) is 0.684. The second-order valence-corrected chi connectivity index (χ2v) is 16.2. The molecule has 5 aliphatic rings. The quantitative estimate of drug-likeness (QED) is 0.364. The Labute approximate surface area is 286 Å². The van der Waals surface area contributed by atoms with Crippen molar-refractivity contribution in [2.45, 2.75) is 129 Å². The number of carbonyl (C=O) groups excluding carboxylic acids is 3. The number of nitrogens with zero attached hydrogens (tertiary/aromatic N) is 2. The predicted octanol–water partition coefficient (Wildman–Crippen LogP) is 7.18. The van der Waals surface area contributed by atoms with Crippen molar-refractivity contribution in [3.8, 4) is 11.6 Å². The number of aromatic nitrogens is 1. The highest BCUT2D eigenvalue weighted by molar-refractivity contribution is 5.92. The van der Waals surface area contributed by atoms with Crippen LogP contribution in [-0.4, -0.2) is 64.6 Å². The molecule has 0 radical (unpaired) electrons. The monoisotopic (exact) mass is 681 g/mol. The molecule has 2 bridgehead atoms. The highest BCUT2D eigenvalue weighted by Gasteiger charge is 2.55. The first kappa shape index (κ1) is 34.0. The van der Waals surface area contributed by atoms with Crippen molar-refractivity contribution in [3.63, 3.8) is 0 Å². The number of Topliss-reactive ketones (excluding diaryl/α,β-unsaturated/α-hetero) is 1. The molecule has 11 heteroatoms. The Hall–Kier alpha value is -3.50. The predicted molar refractivity (Wildman–Crippen MR) is 178 cm³/mol. The van der Waals surface area contributed by atoms with Gasteiger partial charge in [-0.05, 0) is 93.2 Å². The van der Waals surface area contributed by atoms with Crippen LogP contribution < -0.4 is 14.8 Å². The van der Waals surface area contributed by atoms with Crippen LogP contribution in [0, 0.1) is 29.1 Å². The number of benzene rings is 1. The maximum Gasteiger partial charge on any atom is 0.408 e. The number of hydrogen-bond acceptors (Lipinski definition) is 7. The van der Waals surface area contributed by atoms with Gasteiger partial charge in [0.15, 0.2) is 5.78 Å². The van der Waals surface area contributed by atoms with E-state index in [9.17, 15) is 14.4 Å². The van der Waals surface area contributed by atoms with Crippen LogP contribution in [0.15, 0.2) is 24.3 Å². The first-order valence-corrected chi connectivity index (χ1v) is 18.2. The molecule has 0 spiro atoms. The molecule has 3 aliphatic carbocycles. The molecule has 2 unspecified atom stereocenters. The van der Waals surface area contributed by atoms with Gasteiger partial charge in [-0.3, -0.25) is 9.59 Å². The molecular formula is C38H49F2N3O6. The second-order valence-electron chi connectivity index (χ2n) is 16.2. The standard InChI is InChI=1S/C38H49F2N3O6/c1-6-25-31-19-43(32(25)20(2)44)35(45)33(37(3,4)5)42-36(46)49-30-17-22-15-27(22)26(30)9-7-8-14-38(39,40)28-16-21-10-11-24(47-23-12-13-23)18-29(21)41-34(28)48-31/h10-11,16,18,22-23,25-27,30-33H,6-9,12-15,17,19H2,1-5H3,(H,42,46)/t22?,25-,26-,27?,30-,31+,32-,33-/m1/s1. The lowest BCUT2D eigenvalue weighted by Gasteiger charge is -2.36. The summed E-state index contributed by atoms with van der Waals surface area (Å²) in [5.74, 6) is -2.93. The first-order valence-electron chi connectivity index (χ1n) is 18.2. The molecule has 1 aromatic heterocycles. The molecule has 266 valence electrons. The van der Waals surface area contributed by atoms with E-state index in [1.807, 2.05) is 27.7 Å². The maximum absolute atomic E-state index is 16.4. The van der Waals surface area contributed by atoms with Gasteiger partial charge in [-0.15, -0.1) is 0 Å². The third kappa shape index (κ3) is 6.83. The lowest BCUT2D eigenvalue weighted by molar-refractivity contribution is -0.141. The minimum atomic E-state index is -3.24. The average molecular weight is 682 g/mol. The highest BCUT2D eigenvalue weighted by atomic mass is 19.3. The summed E-state index contributed by atoms with van der Waals surface area (Å²) < 4.78 is 51.1. The van der Waals surface area contributed by atoms with Gasteiger partial charge in [0.1, 0.15) is 24.0 Å². The lowest BCUT2D eigenvalue weighted by atomic mass is 9.85. The summed E-state index contributed by atoms with van der Waals surface area (Å²) in [6.07, 6.45) is 3.79. The van der Waals surface area contributed by atoms with Crippen LogP contribution in [0.5, 0.6) is 11.6 Å². The lowest BCUT2D eigenvalue weighted by Crippen LogP contribution is -2.57. The number of pyridine rings is 1. The molecule has 2 aromatic rings. The SMILES string of the molecule is CC[C@@H]1[C@@H]2CN(C(=O)[C@H](C(C)(C)C)NC(=O)O[C@@H]3CC4CC4[C@H]3CCCCC(F)(F)c3cc4ccc(OC5CC5)cc4nc3O2)[C@@H]1C(C)=O. The Kier molecular flexibility index (Phi) is 8.79. The van der Waals surface area contributed by atoms with Gasteiger partial charge in [0.2, 0.25) is 11.8 Å². The Bertz CT molecular complexity index is 1620. The molecule has 49 heavy (non-hydrogen) atoms. The molecule has 1 N–H and O–H groups in total. The van der Waals surface area contributed by atoms with E-state index in [4.69, 9.17) is 14.2 Å². The normalized spacial score (nSPS) is 33.2. The number of halogens is 2. The molecule has 3 heterocycles. The molecule has 7 rings (SSSR count). The van der Waals surface area contributed by atoms with E-state index >= 15 is 8.78 Å². The number of ether oxygens (including phenoxy) is 3. The highest BCUT2D eigenvalue weighted by Crippen LogP contribution is 2.58. The zero-order valence-electron chi connectivity index (χ0n) is 29.2. The number of amides is 2. The van der Waals surface area contributed by atoms with Crippen LogP contribution in [0.4, 0.5) is 13.6 Å². The molecule has 1 saturated heterocycles. The van der Waals surface area contributed by atoms with Crippen molar-refractivity contribution in [1.29, 1.82) is 0 Å². The third-order valence-electron chi connectivity index (χ3n) is 11.5. The maximum atomic E-state index is 16.4. The van der Waals surface area contributed by atoms with E-state index in [1.165, 1.54) is 17.9 Å². The summed E-state index contributed by atoms with van der Waals surface area (Å²) in [7, 11) is 0. The van der Waals surface area contributed by atoms with Crippen LogP contribution in [0.1, 0.15) is 98.0 Å². The summed E-state index contributed by atoms with van der Waals surface area (Å²) in [6.45, 7) is 8.87. The van der Waals surface area contributed by atoms with Crippen molar-refractivity contribution in [2.75, 3.05) is 6.54 Å². The van der Waals surface area contributed by atoms with E-state index in [0.717, 1.165) is 25.7 Å². The van der Waals surface area contributed by atoms with Gasteiger partial charge in [-0.25, -0.2) is 18.6 Å². The molecule has 4 fully saturated rings. The molecule has 8 atom stereocenters. The van der Waals surface area contributed by atoms with Crippen molar-refractivity contribution in [2.24, 2.45) is 29.1 Å². The fourth-order valence-electron chi connectivity index (χ4n) is 8.63. The van der Waals surface area contributed by atoms with Crippen molar-refractivity contribution in [1.82, 2.24) is 15.2 Å². The Morgan fingerprint density at radius 1 is 1.06 bits per heavy atom. The van der Waals surface area contributed by atoms with Crippen molar-refractivity contribution >= 4 is 28.7 Å². The number of rotatable bonds is 4. The van der Waals surface area contributed by atoms with Crippen LogP contribution in [0.25, 0.3) is 10.9 Å². The van der Waals surface area contributed by atoms with Crippen LogP contribution >= 0.6 is 0 Å². The van der Waals surface area contributed by atoms with Gasteiger partial charge in [0.25, 0.3) is 5.92 Å². The number of hydrogen-bond donors (Lipinski definition) is 1. The first-order chi connectivity index (χ1) is 23.2. The van der Waals surface area contributed by atoms with Gasteiger partial charge < -0.3 is 24.4 Å². The molecule has 2 aliphatic heterocycles. The summed E-state index contributed by atoms with van der Waals surface area (Å²) in [6, 6.07) is 4.92. The van der Waals surface area contributed by atoms with E-state index in [2.05, 4.69) is 10.3 Å². The summed E-state index contributed by atoms with van der Waals surface area (Å²) in [4.78, 5) is 47.2. The molecular weight excluding hydrogens is 632 g/mol. The number of carbonyl (C=O) groups is 3. The molecule has 1 aromatic carbocycles. The van der Waals surface area contributed by atoms with Crippen molar-refractivity contribution < 1.29 is 37.4 Å². The summed E-state index contributed by atoms with van der Waals surface area (Å²) in [5, 5.41) is 3.42. The minimum Gasteiger partial charge on any atom is -0.490 e. The zero-order valence-corrected chi connectivity index (χ0v) is 29.2. The number of fused-ring (bicyclic) bond motifs is 7. The number of nitrogens with one attached hydrogen (secondary N) is 1. The molecule has 2 amide bonds. The Morgan fingerprint density at radius 3 is 2.53 bits per heavy atom. The number of alkyl carbamates (subject to hydrolysis) is 1.